The number of piperazine rings is 1. The molecule has 0 saturated carbocycles. The Bertz CT molecular complexity index is 763. The summed E-state index contributed by atoms with van der Waals surface area (Å²) in [5.74, 6) is 1.09. The molecule has 1 aliphatic heterocycles. The third-order valence-corrected chi connectivity index (χ3v) is 5.56. The van der Waals surface area contributed by atoms with Gasteiger partial charge in [-0.15, -0.1) is 0 Å². The van der Waals surface area contributed by atoms with Crippen LogP contribution >= 0.6 is 11.5 Å². The van der Waals surface area contributed by atoms with Crippen molar-refractivity contribution in [2.45, 2.75) is 47.1 Å². The lowest BCUT2D eigenvalue weighted by Crippen LogP contribution is -2.56. The van der Waals surface area contributed by atoms with E-state index in [1.807, 2.05) is 25.7 Å². The maximum atomic E-state index is 12.6. The smallest absolute Gasteiger partial charge is 0.228 e. The van der Waals surface area contributed by atoms with Crippen molar-refractivity contribution in [3.63, 3.8) is 0 Å². The summed E-state index contributed by atoms with van der Waals surface area (Å²) in [7, 11) is 0. The second-order valence-corrected chi connectivity index (χ2v) is 8.93. The molecule has 0 N–H and O–H groups in total. The molecule has 1 unspecified atom stereocenters. The van der Waals surface area contributed by atoms with Crippen LogP contribution in [0.3, 0.4) is 0 Å². The molecule has 0 spiro atoms. The molecule has 1 fully saturated rings. The van der Waals surface area contributed by atoms with E-state index in [0.717, 1.165) is 37.0 Å². The first-order chi connectivity index (χ1) is 12.2. The van der Waals surface area contributed by atoms with Crippen LogP contribution in [0.5, 0.6) is 0 Å². The first-order valence-electron chi connectivity index (χ1n) is 9.18. The summed E-state index contributed by atoms with van der Waals surface area (Å²) in [5, 5.41) is 0.960. The number of anilines is 1. The Hall–Kier alpha value is -1.95. The SMILES string of the molecule is Cc1ccc(Cc2nsc(N3CCN(C(=O)C(C)(C)C)C(C)C3)n2)cc1. The van der Waals surface area contributed by atoms with Gasteiger partial charge in [0.2, 0.25) is 11.0 Å². The van der Waals surface area contributed by atoms with Crippen molar-refractivity contribution in [3.05, 3.63) is 41.2 Å². The van der Waals surface area contributed by atoms with E-state index < -0.39 is 0 Å². The van der Waals surface area contributed by atoms with Crippen LogP contribution < -0.4 is 4.90 Å². The van der Waals surface area contributed by atoms with Crippen molar-refractivity contribution >= 4 is 22.6 Å². The molecular formula is C20H28N4OS. The molecule has 6 heteroatoms. The van der Waals surface area contributed by atoms with E-state index in [9.17, 15) is 4.79 Å². The van der Waals surface area contributed by atoms with Crippen molar-refractivity contribution in [2.75, 3.05) is 24.5 Å². The number of aromatic nitrogens is 2. The van der Waals surface area contributed by atoms with Crippen LogP contribution in [0.1, 0.15) is 44.6 Å². The zero-order chi connectivity index (χ0) is 18.9. The normalized spacial score (nSPS) is 18.3. The topological polar surface area (TPSA) is 49.3 Å². The van der Waals surface area contributed by atoms with Crippen LogP contribution in [0.25, 0.3) is 0 Å². The van der Waals surface area contributed by atoms with E-state index in [1.54, 1.807) is 0 Å². The molecule has 1 aliphatic rings. The lowest BCUT2D eigenvalue weighted by atomic mass is 9.93. The Morgan fingerprint density at radius 1 is 1.23 bits per heavy atom. The summed E-state index contributed by atoms with van der Waals surface area (Å²) in [6.07, 6.45) is 0.759. The second-order valence-electron chi connectivity index (χ2n) is 8.20. The molecule has 1 aromatic heterocycles. The minimum absolute atomic E-state index is 0.180. The zero-order valence-corrected chi connectivity index (χ0v) is 17.1. The van der Waals surface area contributed by atoms with Crippen LogP contribution in [0.2, 0.25) is 0 Å². The fourth-order valence-electron chi connectivity index (χ4n) is 3.20. The van der Waals surface area contributed by atoms with Crippen molar-refractivity contribution in [1.82, 2.24) is 14.3 Å². The molecule has 2 heterocycles. The van der Waals surface area contributed by atoms with E-state index in [2.05, 4.69) is 47.4 Å². The maximum absolute atomic E-state index is 12.6. The van der Waals surface area contributed by atoms with Gasteiger partial charge in [-0.1, -0.05) is 50.6 Å². The van der Waals surface area contributed by atoms with Crippen LogP contribution in [0.15, 0.2) is 24.3 Å². The lowest BCUT2D eigenvalue weighted by Gasteiger charge is -2.42. The Kier molecular flexibility index (Phi) is 5.32. The van der Waals surface area contributed by atoms with Crippen molar-refractivity contribution in [1.29, 1.82) is 0 Å². The first-order valence-corrected chi connectivity index (χ1v) is 9.95. The molecule has 140 valence electrons. The standard InChI is InChI=1S/C20H28N4OS/c1-14-6-8-16(9-7-14)12-17-21-19(26-22-17)23-10-11-24(15(2)13-23)18(25)20(3,4)5/h6-9,15H,10-13H2,1-5H3. The predicted octanol–water partition coefficient (Wildman–Crippen LogP) is 3.52. The Morgan fingerprint density at radius 3 is 2.54 bits per heavy atom. The highest BCUT2D eigenvalue weighted by Crippen LogP contribution is 2.25. The molecular weight excluding hydrogens is 344 g/mol. The van der Waals surface area contributed by atoms with Crippen LogP contribution in [0, 0.1) is 12.3 Å². The highest BCUT2D eigenvalue weighted by molar-refractivity contribution is 7.09. The van der Waals surface area contributed by atoms with E-state index in [4.69, 9.17) is 4.98 Å². The van der Waals surface area contributed by atoms with Crippen molar-refractivity contribution in [3.8, 4) is 0 Å². The number of carbonyl (C=O) groups is 1. The van der Waals surface area contributed by atoms with E-state index >= 15 is 0 Å². The molecule has 1 amide bonds. The Labute approximate surface area is 160 Å². The molecule has 0 bridgehead atoms. The highest BCUT2D eigenvalue weighted by Gasteiger charge is 2.34. The van der Waals surface area contributed by atoms with Crippen molar-refractivity contribution < 1.29 is 4.79 Å². The highest BCUT2D eigenvalue weighted by atomic mass is 32.1. The molecule has 1 aromatic carbocycles. The second kappa shape index (κ2) is 7.35. The number of rotatable bonds is 3. The van der Waals surface area contributed by atoms with Gasteiger partial charge in [0.05, 0.1) is 0 Å². The van der Waals surface area contributed by atoms with Gasteiger partial charge in [-0.05, 0) is 19.4 Å². The molecule has 3 rings (SSSR count). The number of amides is 1. The average molecular weight is 373 g/mol. The fraction of sp³-hybridized carbons (Fsp3) is 0.550. The van der Waals surface area contributed by atoms with Crippen LogP contribution in [-0.4, -0.2) is 45.8 Å². The molecule has 0 aliphatic carbocycles. The number of aryl methyl sites for hydroxylation is 1. The molecule has 5 nitrogen and oxygen atoms in total. The van der Waals surface area contributed by atoms with Gasteiger partial charge in [-0.3, -0.25) is 4.79 Å². The number of hydrogen-bond acceptors (Lipinski definition) is 5. The van der Waals surface area contributed by atoms with Crippen LogP contribution in [-0.2, 0) is 11.2 Å². The van der Waals surface area contributed by atoms with Gasteiger partial charge in [-0.25, -0.2) is 4.98 Å². The molecule has 0 radical (unpaired) electrons. The number of hydrogen-bond donors (Lipinski definition) is 0. The molecule has 2 aromatic rings. The monoisotopic (exact) mass is 372 g/mol. The zero-order valence-electron chi connectivity index (χ0n) is 16.3. The summed E-state index contributed by atoms with van der Waals surface area (Å²) >= 11 is 1.46. The summed E-state index contributed by atoms with van der Waals surface area (Å²) in [6, 6.07) is 8.69. The predicted molar refractivity (Wildman–Crippen MR) is 107 cm³/mol. The van der Waals surface area contributed by atoms with Gasteiger partial charge in [-0.2, -0.15) is 4.37 Å². The Morgan fingerprint density at radius 2 is 1.92 bits per heavy atom. The molecule has 1 saturated heterocycles. The van der Waals surface area contributed by atoms with E-state index in [0.29, 0.717) is 0 Å². The minimum Gasteiger partial charge on any atom is -0.343 e. The van der Waals surface area contributed by atoms with Crippen LogP contribution in [0.4, 0.5) is 5.13 Å². The summed E-state index contributed by atoms with van der Waals surface area (Å²) in [4.78, 5) is 21.6. The molecule has 1 atom stereocenters. The summed E-state index contributed by atoms with van der Waals surface area (Å²) in [6.45, 7) is 12.5. The number of benzene rings is 1. The number of carbonyl (C=O) groups excluding carboxylic acids is 1. The summed E-state index contributed by atoms with van der Waals surface area (Å²) in [5.41, 5.74) is 2.16. The first kappa shape index (κ1) is 18.8. The third kappa shape index (κ3) is 4.23. The van der Waals surface area contributed by atoms with Gasteiger partial charge >= 0.3 is 0 Å². The van der Waals surface area contributed by atoms with Gasteiger partial charge in [0.15, 0.2) is 0 Å². The van der Waals surface area contributed by atoms with Gasteiger partial charge in [0.1, 0.15) is 5.82 Å². The van der Waals surface area contributed by atoms with Gasteiger partial charge in [0.25, 0.3) is 0 Å². The van der Waals surface area contributed by atoms with Gasteiger partial charge < -0.3 is 9.80 Å². The van der Waals surface area contributed by atoms with Gasteiger partial charge in [0, 0.05) is 49.0 Å². The lowest BCUT2D eigenvalue weighted by molar-refractivity contribution is -0.142. The van der Waals surface area contributed by atoms with E-state index in [-0.39, 0.29) is 17.4 Å². The largest absolute Gasteiger partial charge is 0.343 e. The minimum atomic E-state index is -0.333. The third-order valence-electron chi connectivity index (χ3n) is 4.74. The maximum Gasteiger partial charge on any atom is 0.228 e. The number of nitrogens with zero attached hydrogens (tertiary/aromatic N) is 4. The molecule has 26 heavy (non-hydrogen) atoms. The quantitative estimate of drug-likeness (QED) is 0.827. The Balaban J connectivity index is 1.64. The fourth-order valence-corrected chi connectivity index (χ4v) is 3.92. The van der Waals surface area contributed by atoms with Crippen molar-refractivity contribution in [2.24, 2.45) is 5.41 Å². The average Bonchev–Trinajstić information content (AvgIpc) is 3.04. The van der Waals surface area contributed by atoms with E-state index in [1.165, 1.54) is 22.7 Å². The summed E-state index contributed by atoms with van der Waals surface area (Å²) < 4.78 is 4.54.